The second kappa shape index (κ2) is 6.23. The molecule has 0 radical (unpaired) electrons. The Balaban J connectivity index is 2.78. The van der Waals surface area contributed by atoms with E-state index in [-0.39, 0.29) is 12.1 Å². The highest BCUT2D eigenvalue weighted by atomic mass is 35.5. The molecule has 0 aliphatic rings. The molecule has 2 amide bonds. The predicted molar refractivity (Wildman–Crippen MR) is 65.5 cm³/mol. The lowest BCUT2D eigenvalue weighted by atomic mass is 10.2. The van der Waals surface area contributed by atoms with Crippen LogP contribution in [0, 0.1) is 0 Å². The number of carbonyl (C=O) groups excluding carboxylic acids is 2. The van der Waals surface area contributed by atoms with Crippen molar-refractivity contribution < 1.29 is 19.4 Å². The summed E-state index contributed by atoms with van der Waals surface area (Å²) in [6.45, 7) is -0.274. The molecule has 1 rings (SSSR count). The smallest absolute Gasteiger partial charge is 0.255 e. The van der Waals surface area contributed by atoms with Gasteiger partial charge in [-0.3, -0.25) is 9.59 Å². The maximum absolute atomic E-state index is 11.8. The molecule has 18 heavy (non-hydrogen) atoms. The Morgan fingerprint density at radius 1 is 1.56 bits per heavy atom. The first-order chi connectivity index (χ1) is 8.45. The third kappa shape index (κ3) is 3.61. The maximum atomic E-state index is 11.8. The van der Waals surface area contributed by atoms with E-state index >= 15 is 0 Å². The minimum Gasteiger partial charge on any atom is -0.496 e. The molecule has 7 heteroatoms. The van der Waals surface area contributed by atoms with Crippen molar-refractivity contribution in [2.75, 3.05) is 13.7 Å². The fourth-order valence-electron chi connectivity index (χ4n) is 1.24. The van der Waals surface area contributed by atoms with Crippen molar-refractivity contribution >= 4 is 23.4 Å². The van der Waals surface area contributed by atoms with Gasteiger partial charge >= 0.3 is 0 Å². The summed E-state index contributed by atoms with van der Waals surface area (Å²) in [4.78, 5) is 22.4. The molecule has 6 nitrogen and oxygen atoms in total. The highest BCUT2D eigenvalue weighted by Gasteiger charge is 2.16. The largest absolute Gasteiger partial charge is 0.496 e. The van der Waals surface area contributed by atoms with Crippen LogP contribution in [0.4, 0.5) is 0 Å². The van der Waals surface area contributed by atoms with Gasteiger partial charge in [-0.05, 0) is 18.2 Å². The molecule has 0 aliphatic heterocycles. The average Bonchev–Trinajstić information content (AvgIpc) is 2.35. The number of aliphatic hydroxyl groups excluding tert-OH is 1. The minimum atomic E-state index is -1.43. The van der Waals surface area contributed by atoms with E-state index in [9.17, 15) is 9.59 Å². The van der Waals surface area contributed by atoms with Crippen LogP contribution in [0.5, 0.6) is 5.75 Å². The zero-order chi connectivity index (χ0) is 13.7. The summed E-state index contributed by atoms with van der Waals surface area (Å²) in [6, 6.07) is 4.55. The Bertz CT molecular complexity index is 464. The summed E-state index contributed by atoms with van der Waals surface area (Å²) in [5.74, 6) is -1.09. The summed E-state index contributed by atoms with van der Waals surface area (Å²) in [5.41, 5.74) is 5.06. The highest BCUT2D eigenvalue weighted by Crippen LogP contribution is 2.22. The number of aliphatic hydroxyl groups is 1. The molecule has 0 saturated heterocycles. The van der Waals surface area contributed by atoms with Gasteiger partial charge in [0.1, 0.15) is 11.9 Å². The van der Waals surface area contributed by atoms with Crippen LogP contribution in [0.25, 0.3) is 0 Å². The summed E-state index contributed by atoms with van der Waals surface area (Å²) < 4.78 is 5.00. The Morgan fingerprint density at radius 3 is 2.78 bits per heavy atom. The molecule has 0 spiro atoms. The van der Waals surface area contributed by atoms with Crippen LogP contribution in [0.15, 0.2) is 18.2 Å². The number of hydrogen-bond acceptors (Lipinski definition) is 4. The fraction of sp³-hybridized carbons (Fsp3) is 0.273. The van der Waals surface area contributed by atoms with Crippen molar-refractivity contribution in [3.8, 4) is 5.75 Å². The molecule has 0 heterocycles. The van der Waals surface area contributed by atoms with Gasteiger partial charge in [0.15, 0.2) is 0 Å². The van der Waals surface area contributed by atoms with Gasteiger partial charge in [-0.15, -0.1) is 0 Å². The SMILES string of the molecule is COc1ccc(Cl)cc1C(=O)NCC(O)C(N)=O. The number of carbonyl (C=O) groups is 2. The molecule has 0 fully saturated rings. The molecule has 98 valence electrons. The van der Waals surface area contributed by atoms with Gasteiger partial charge in [0, 0.05) is 5.02 Å². The van der Waals surface area contributed by atoms with Gasteiger partial charge in [-0.1, -0.05) is 11.6 Å². The number of methoxy groups -OCH3 is 1. The number of halogens is 1. The summed E-state index contributed by atoms with van der Waals surface area (Å²) in [7, 11) is 1.41. The zero-order valence-electron chi connectivity index (χ0n) is 9.64. The first-order valence-corrected chi connectivity index (χ1v) is 5.42. The van der Waals surface area contributed by atoms with Crippen molar-refractivity contribution in [2.45, 2.75) is 6.10 Å². The molecule has 1 unspecified atom stereocenters. The molecule has 1 aromatic rings. The van der Waals surface area contributed by atoms with Gasteiger partial charge in [-0.25, -0.2) is 0 Å². The number of benzene rings is 1. The van der Waals surface area contributed by atoms with Gasteiger partial charge in [0.05, 0.1) is 19.2 Å². The van der Waals surface area contributed by atoms with Crippen LogP contribution in [-0.4, -0.2) is 36.7 Å². The van der Waals surface area contributed by atoms with Crippen LogP contribution >= 0.6 is 11.6 Å². The first kappa shape index (κ1) is 14.3. The lowest BCUT2D eigenvalue weighted by Crippen LogP contribution is -2.40. The van der Waals surface area contributed by atoms with Gasteiger partial charge in [0.25, 0.3) is 5.91 Å². The minimum absolute atomic E-state index is 0.210. The normalized spacial score (nSPS) is 11.7. The van der Waals surface area contributed by atoms with Crippen molar-refractivity contribution in [3.05, 3.63) is 28.8 Å². The van der Waals surface area contributed by atoms with E-state index < -0.39 is 17.9 Å². The molecule has 0 bridgehead atoms. The third-order valence-corrected chi connectivity index (χ3v) is 2.43. The topological polar surface area (TPSA) is 102 Å². The lowest BCUT2D eigenvalue weighted by Gasteiger charge is -2.11. The predicted octanol–water partition coefficient (Wildman–Crippen LogP) is -0.0754. The van der Waals surface area contributed by atoms with E-state index in [0.29, 0.717) is 10.8 Å². The van der Waals surface area contributed by atoms with Crippen LogP contribution in [0.3, 0.4) is 0 Å². The Hall–Kier alpha value is -1.79. The molecule has 0 aliphatic carbocycles. The van der Waals surface area contributed by atoms with Gasteiger partial charge < -0.3 is 20.9 Å². The molecule has 0 saturated carbocycles. The number of amides is 2. The number of primary amides is 1. The second-order valence-corrected chi connectivity index (χ2v) is 3.91. The van der Waals surface area contributed by atoms with Crippen LogP contribution < -0.4 is 15.8 Å². The lowest BCUT2D eigenvalue weighted by molar-refractivity contribution is -0.125. The quantitative estimate of drug-likeness (QED) is 0.698. The van der Waals surface area contributed by atoms with Crippen LogP contribution in [-0.2, 0) is 4.79 Å². The van der Waals surface area contributed by atoms with Crippen molar-refractivity contribution in [1.29, 1.82) is 0 Å². The molecular formula is C11H13ClN2O4. The molecule has 0 aromatic heterocycles. The van der Waals surface area contributed by atoms with Crippen LogP contribution in [0.1, 0.15) is 10.4 Å². The molecule has 1 atom stereocenters. The first-order valence-electron chi connectivity index (χ1n) is 5.04. The van der Waals surface area contributed by atoms with E-state index in [2.05, 4.69) is 5.32 Å². The Labute approximate surface area is 109 Å². The summed E-state index contributed by atoms with van der Waals surface area (Å²) in [5, 5.41) is 11.9. The Morgan fingerprint density at radius 2 is 2.22 bits per heavy atom. The number of ether oxygens (including phenoxy) is 1. The van der Waals surface area contributed by atoms with E-state index in [4.69, 9.17) is 27.2 Å². The number of nitrogens with two attached hydrogens (primary N) is 1. The zero-order valence-corrected chi connectivity index (χ0v) is 10.4. The molecule has 4 N–H and O–H groups in total. The maximum Gasteiger partial charge on any atom is 0.255 e. The number of hydrogen-bond donors (Lipinski definition) is 3. The average molecular weight is 273 g/mol. The van der Waals surface area contributed by atoms with Crippen molar-refractivity contribution in [1.82, 2.24) is 5.32 Å². The fourth-order valence-corrected chi connectivity index (χ4v) is 1.41. The highest BCUT2D eigenvalue weighted by molar-refractivity contribution is 6.31. The molecule has 1 aromatic carbocycles. The van der Waals surface area contributed by atoms with E-state index in [0.717, 1.165) is 0 Å². The van der Waals surface area contributed by atoms with Gasteiger partial charge in [0.2, 0.25) is 5.91 Å². The second-order valence-electron chi connectivity index (χ2n) is 3.47. The number of rotatable bonds is 5. The summed E-state index contributed by atoms with van der Waals surface area (Å²) in [6.07, 6.45) is -1.43. The third-order valence-electron chi connectivity index (χ3n) is 2.19. The summed E-state index contributed by atoms with van der Waals surface area (Å²) >= 11 is 5.77. The number of nitrogens with one attached hydrogen (secondary N) is 1. The monoisotopic (exact) mass is 272 g/mol. The van der Waals surface area contributed by atoms with Gasteiger partial charge in [-0.2, -0.15) is 0 Å². The van der Waals surface area contributed by atoms with E-state index in [1.165, 1.54) is 13.2 Å². The Kier molecular flexibility index (Phi) is 4.94. The van der Waals surface area contributed by atoms with E-state index in [1.54, 1.807) is 12.1 Å². The molecular weight excluding hydrogens is 260 g/mol. The van der Waals surface area contributed by atoms with Crippen molar-refractivity contribution in [2.24, 2.45) is 5.73 Å². The van der Waals surface area contributed by atoms with Crippen LogP contribution in [0.2, 0.25) is 5.02 Å². The standard InChI is InChI=1S/C11H13ClN2O4/c1-18-9-3-2-6(12)4-7(9)11(17)14-5-8(15)10(13)16/h2-4,8,15H,5H2,1H3,(H2,13,16)(H,14,17). The van der Waals surface area contributed by atoms with Crippen molar-refractivity contribution in [3.63, 3.8) is 0 Å². The van der Waals surface area contributed by atoms with E-state index in [1.807, 2.05) is 0 Å².